The topological polar surface area (TPSA) is 78.9 Å². The highest BCUT2D eigenvalue weighted by molar-refractivity contribution is 5.88. The van der Waals surface area contributed by atoms with E-state index >= 15 is 0 Å². The van der Waals surface area contributed by atoms with Gasteiger partial charge in [-0.1, -0.05) is 13.0 Å². The Bertz CT molecular complexity index is 476. The van der Waals surface area contributed by atoms with Crippen molar-refractivity contribution in [3.05, 3.63) is 29.8 Å². The molecule has 0 radical (unpaired) electrons. The molecule has 0 unspecified atom stereocenters. The first-order valence-electron chi connectivity index (χ1n) is 6.96. The number of carboxylic acids is 1. The Balaban J connectivity index is 2.47. The molecule has 0 fully saturated rings. The number of nitrogens with one attached hydrogen (secondary N) is 1. The second kappa shape index (κ2) is 8.97. The average molecular weight is 294 g/mol. The van der Waals surface area contributed by atoms with Crippen LogP contribution in [-0.2, 0) is 4.79 Å². The molecule has 6 heteroatoms. The van der Waals surface area contributed by atoms with Gasteiger partial charge in [0.15, 0.2) is 0 Å². The summed E-state index contributed by atoms with van der Waals surface area (Å²) in [7, 11) is 1.61. The number of hydrogen-bond donors (Lipinski definition) is 2. The van der Waals surface area contributed by atoms with Gasteiger partial charge in [0.25, 0.3) is 0 Å². The second-order valence-electron chi connectivity index (χ2n) is 4.63. The van der Waals surface area contributed by atoms with E-state index in [9.17, 15) is 9.59 Å². The first-order chi connectivity index (χ1) is 10.1. The molecular formula is C15H22N2O4. The lowest BCUT2D eigenvalue weighted by molar-refractivity contribution is -0.121. The summed E-state index contributed by atoms with van der Waals surface area (Å²) in [5, 5.41) is 11.5. The molecule has 1 aromatic carbocycles. The van der Waals surface area contributed by atoms with E-state index in [1.54, 1.807) is 19.2 Å². The Hall–Kier alpha value is -2.08. The summed E-state index contributed by atoms with van der Waals surface area (Å²) >= 11 is 0. The van der Waals surface area contributed by atoms with Gasteiger partial charge >= 0.3 is 5.97 Å². The number of aromatic carboxylic acids is 1. The molecule has 1 rings (SSSR count). The van der Waals surface area contributed by atoms with Gasteiger partial charge in [0, 0.05) is 13.6 Å². The summed E-state index contributed by atoms with van der Waals surface area (Å²) in [4.78, 5) is 24.3. The van der Waals surface area contributed by atoms with Crippen LogP contribution in [0.1, 0.15) is 23.7 Å². The van der Waals surface area contributed by atoms with E-state index in [4.69, 9.17) is 9.84 Å². The van der Waals surface area contributed by atoms with Gasteiger partial charge in [-0.3, -0.25) is 9.69 Å². The number of carbonyl (C=O) groups excluding carboxylic acids is 1. The highest BCUT2D eigenvalue weighted by atomic mass is 16.5. The smallest absolute Gasteiger partial charge is 0.335 e. The molecule has 116 valence electrons. The summed E-state index contributed by atoms with van der Waals surface area (Å²) in [6.07, 6.45) is 0.950. The van der Waals surface area contributed by atoms with Crippen LogP contribution >= 0.6 is 0 Å². The zero-order chi connectivity index (χ0) is 15.7. The van der Waals surface area contributed by atoms with Crippen LogP contribution in [-0.4, -0.2) is 55.2 Å². The first kappa shape index (κ1) is 17.0. The molecule has 1 aromatic rings. The van der Waals surface area contributed by atoms with Gasteiger partial charge in [-0.15, -0.1) is 0 Å². The van der Waals surface area contributed by atoms with Gasteiger partial charge in [-0.05, 0) is 31.2 Å². The van der Waals surface area contributed by atoms with Crippen molar-refractivity contribution in [3.63, 3.8) is 0 Å². The van der Waals surface area contributed by atoms with Gasteiger partial charge < -0.3 is 15.2 Å². The van der Waals surface area contributed by atoms with Crippen molar-refractivity contribution in [2.45, 2.75) is 13.3 Å². The molecule has 2 N–H and O–H groups in total. The van der Waals surface area contributed by atoms with Gasteiger partial charge in [0.2, 0.25) is 5.91 Å². The molecule has 0 aliphatic rings. The molecule has 0 bridgehead atoms. The van der Waals surface area contributed by atoms with Crippen molar-refractivity contribution in [3.8, 4) is 5.75 Å². The maximum Gasteiger partial charge on any atom is 0.335 e. The Morgan fingerprint density at radius 2 is 2.10 bits per heavy atom. The third-order valence-corrected chi connectivity index (χ3v) is 2.94. The molecule has 1 amide bonds. The number of rotatable bonds is 9. The number of carbonyl (C=O) groups is 2. The van der Waals surface area contributed by atoms with Crippen LogP contribution in [0.5, 0.6) is 5.75 Å². The fraction of sp³-hybridized carbons (Fsp3) is 0.467. The van der Waals surface area contributed by atoms with Crippen LogP contribution < -0.4 is 10.1 Å². The van der Waals surface area contributed by atoms with E-state index in [2.05, 4.69) is 5.32 Å². The number of amides is 1. The van der Waals surface area contributed by atoms with Crippen LogP contribution in [0.4, 0.5) is 0 Å². The number of ether oxygens (including phenoxy) is 1. The third kappa shape index (κ3) is 6.27. The van der Waals surface area contributed by atoms with E-state index in [-0.39, 0.29) is 11.5 Å². The predicted molar refractivity (Wildman–Crippen MR) is 79.7 cm³/mol. The van der Waals surface area contributed by atoms with Crippen molar-refractivity contribution >= 4 is 11.9 Å². The van der Waals surface area contributed by atoms with Gasteiger partial charge in [0.1, 0.15) is 12.4 Å². The number of likely N-dealkylation sites (N-methyl/N-ethyl adjacent to an activating group) is 1. The lowest BCUT2D eigenvalue weighted by atomic mass is 10.2. The minimum atomic E-state index is -0.979. The second-order valence-corrected chi connectivity index (χ2v) is 4.63. The molecule has 6 nitrogen and oxygen atoms in total. The quantitative estimate of drug-likeness (QED) is 0.716. The standard InChI is InChI=1S/C15H22N2O4/c1-3-7-17(11-14(18)16-2)8-9-21-13-6-4-5-12(10-13)15(19)20/h4-6,10H,3,7-9,11H2,1-2H3,(H,16,18)(H,19,20). The first-order valence-corrected chi connectivity index (χ1v) is 6.96. The van der Waals surface area contributed by atoms with E-state index in [1.807, 2.05) is 11.8 Å². The Morgan fingerprint density at radius 3 is 2.71 bits per heavy atom. The average Bonchev–Trinajstić information content (AvgIpc) is 2.47. The summed E-state index contributed by atoms with van der Waals surface area (Å²) in [6.45, 7) is 4.21. The van der Waals surface area contributed by atoms with Gasteiger partial charge in [-0.2, -0.15) is 0 Å². The van der Waals surface area contributed by atoms with Crippen LogP contribution in [0.2, 0.25) is 0 Å². The lowest BCUT2D eigenvalue weighted by Crippen LogP contribution is -2.38. The van der Waals surface area contributed by atoms with Crippen LogP contribution in [0, 0.1) is 0 Å². The Morgan fingerprint density at radius 1 is 1.33 bits per heavy atom. The molecule has 0 atom stereocenters. The molecule has 0 saturated carbocycles. The third-order valence-electron chi connectivity index (χ3n) is 2.94. The van der Waals surface area contributed by atoms with E-state index in [0.29, 0.717) is 25.4 Å². The van der Waals surface area contributed by atoms with Crippen LogP contribution in [0.15, 0.2) is 24.3 Å². The minimum absolute atomic E-state index is 0.0312. The summed E-state index contributed by atoms with van der Waals surface area (Å²) < 4.78 is 5.55. The largest absolute Gasteiger partial charge is 0.492 e. The molecule has 0 saturated heterocycles. The van der Waals surface area contributed by atoms with Crippen molar-refractivity contribution in [1.29, 1.82) is 0 Å². The van der Waals surface area contributed by atoms with Gasteiger partial charge in [-0.25, -0.2) is 4.79 Å². The zero-order valence-corrected chi connectivity index (χ0v) is 12.5. The fourth-order valence-corrected chi connectivity index (χ4v) is 1.88. The molecule has 0 aromatic heterocycles. The lowest BCUT2D eigenvalue weighted by Gasteiger charge is -2.20. The zero-order valence-electron chi connectivity index (χ0n) is 12.5. The highest BCUT2D eigenvalue weighted by Crippen LogP contribution is 2.13. The maximum absolute atomic E-state index is 11.4. The Kier molecular flexibility index (Phi) is 7.25. The molecule has 21 heavy (non-hydrogen) atoms. The van der Waals surface area contributed by atoms with Crippen LogP contribution in [0.3, 0.4) is 0 Å². The summed E-state index contributed by atoms with van der Waals surface area (Å²) in [6, 6.07) is 6.37. The van der Waals surface area contributed by atoms with Gasteiger partial charge in [0.05, 0.1) is 12.1 Å². The normalized spacial score (nSPS) is 10.4. The summed E-state index contributed by atoms with van der Waals surface area (Å²) in [5.41, 5.74) is 0.197. The monoisotopic (exact) mass is 294 g/mol. The molecule has 0 aliphatic carbocycles. The summed E-state index contributed by atoms with van der Waals surface area (Å²) in [5.74, 6) is -0.490. The molecule has 0 spiro atoms. The van der Waals surface area contributed by atoms with E-state index in [1.165, 1.54) is 12.1 Å². The van der Waals surface area contributed by atoms with Crippen molar-refractivity contribution in [1.82, 2.24) is 10.2 Å². The van der Waals surface area contributed by atoms with Crippen molar-refractivity contribution in [2.24, 2.45) is 0 Å². The van der Waals surface area contributed by atoms with E-state index < -0.39 is 5.97 Å². The molecule has 0 aliphatic heterocycles. The van der Waals surface area contributed by atoms with E-state index in [0.717, 1.165) is 13.0 Å². The Labute approximate surface area is 124 Å². The van der Waals surface area contributed by atoms with Crippen LogP contribution in [0.25, 0.3) is 0 Å². The predicted octanol–water partition coefficient (Wildman–Crippen LogP) is 1.22. The number of carboxylic acid groups (broad SMARTS) is 1. The number of hydrogen-bond acceptors (Lipinski definition) is 4. The fourth-order valence-electron chi connectivity index (χ4n) is 1.88. The van der Waals surface area contributed by atoms with Crippen molar-refractivity contribution < 1.29 is 19.4 Å². The molecule has 0 heterocycles. The minimum Gasteiger partial charge on any atom is -0.492 e. The molecular weight excluding hydrogens is 272 g/mol. The number of nitrogens with zero attached hydrogens (tertiary/aromatic N) is 1. The SMILES string of the molecule is CCCN(CCOc1cccc(C(=O)O)c1)CC(=O)NC. The highest BCUT2D eigenvalue weighted by Gasteiger charge is 2.09. The maximum atomic E-state index is 11.4. The number of benzene rings is 1. The van der Waals surface area contributed by atoms with Crippen molar-refractivity contribution in [2.75, 3.05) is 33.3 Å².